The van der Waals surface area contributed by atoms with Crippen molar-refractivity contribution in [2.24, 2.45) is 5.16 Å². The van der Waals surface area contributed by atoms with Crippen molar-refractivity contribution in [1.82, 2.24) is 24.4 Å². The molecule has 14 heteroatoms. The van der Waals surface area contributed by atoms with Crippen molar-refractivity contribution in [1.29, 1.82) is 0 Å². The zero-order valence-electron chi connectivity index (χ0n) is 25.5. The smallest absolute Gasteiger partial charge is 0.465 e. The number of aromatic nitrogens is 4. The van der Waals surface area contributed by atoms with E-state index in [-0.39, 0.29) is 35.5 Å². The number of carbonyl (C=O) groups excluding carboxylic acids is 2. The van der Waals surface area contributed by atoms with Crippen LogP contribution in [0.5, 0.6) is 6.01 Å². The minimum absolute atomic E-state index is 0.0375. The highest BCUT2D eigenvalue weighted by Crippen LogP contribution is 2.36. The number of amidine groups is 1. The van der Waals surface area contributed by atoms with E-state index in [9.17, 15) is 19.6 Å². The summed E-state index contributed by atoms with van der Waals surface area (Å²) in [6.45, 7) is 3.97. The maximum absolute atomic E-state index is 12.9. The summed E-state index contributed by atoms with van der Waals surface area (Å²) in [7, 11) is 1.29. The number of esters is 1. The van der Waals surface area contributed by atoms with Gasteiger partial charge in [0.05, 0.1) is 31.3 Å². The fraction of sp³-hybridized carbons (Fsp3) is 0.152. The van der Waals surface area contributed by atoms with Crippen molar-refractivity contribution in [2.75, 3.05) is 13.7 Å². The predicted molar refractivity (Wildman–Crippen MR) is 169 cm³/mol. The highest BCUT2D eigenvalue weighted by atomic mass is 16.6. The Labute approximate surface area is 266 Å². The second-order valence-corrected chi connectivity index (χ2v) is 10.2. The zero-order chi connectivity index (χ0) is 33.1. The molecule has 0 aliphatic rings. The number of rotatable bonds is 8. The number of hydrogen-bond donors (Lipinski definition) is 2. The predicted octanol–water partition coefficient (Wildman–Crippen LogP) is 5.05. The average molecular weight is 637 g/mol. The lowest BCUT2D eigenvalue weighted by Gasteiger charge is -2.14. The fourth-order valence-electron chi connectivity index (χ4n) is 5.26. The van der Waals surface area contributed by atoms with Crippen molar-refractivity contribution in [3.8, 4) is 28.5 Å². The first kappa shape index (κ1) is 30.6. The number of benzene rings is 3. The number of oxime groups is 1. The summed E-state index contributed by atoms with van der Waals surface area (Å²) in [6, 6.07) is 17.6. The van der Waals surface area contributed by atoms with Gasteiger partial charge in [0, 0.05) is 23.5 Å². The maximum Gasteiger partial charge on any atom is 0.519 e. The Hall–Kier alpha value is -6.44. The number of nitrogens with zero attached hydrogens (tertiary/aromatic N) is 5. The molecule has 238 valence electrons. The molecule has 0 radical (unpaired) electrons. The number of nitrogens with one attached hydrogen (secondary N) is 1. The quantitative estimate of drug-likeness (QED) is 0.0756. The Balaban J connectivity index is 1.38. The van der Waals surface area contributed by atoms with E-state index in [1.807, 2.05) is 43.3 Å². The molecule has 0 saturated carbocycles. The van der Waals surface area contributed by atoms with Crippen molar-refractivity contribution in [3.05, 3.63) is 112 Å². The van der Waals surface area contributed by atoms with Crippen LogP contribution in [-0.4, -0.2) is 55.9 Å². The molecule has 0 bridgehead atoms. The second-order valence-electron chi connectivity index (χ2n) is 10.2. The monoisotopic (exact) mass is 636 g/mol. The van der Waals surface area contributed by atoms with Gasteiger partial charge in [-0.25, -0.2) is 19.4 Å². The van der Waals surface area contributed by atoms with Gasteiger partial charge < -0.3 is 23.5 Å². The first-order chi connectivity index (χ1) is 22.8. The summed E-state index contributed by atoms with van der Waals surface area (Å²) in [4.78, 5) is 46.0. The number of ether oxygens (including phenoxy) is 2. The summed E-state index contributed by atoms with van der Waals surface area (Å²) < 4.78 is 24.3. The van der Waals surface area contributed by atoms with Crippen molar-refractivity contribution >= 4 is 28.9 Å². The van der Waals surface area contributed by atoms with E-state index in [0.29, 0.717) is 34.3 Å². The molecule has 1 amide bonds. The van der Waals surface area contributed by atoms with Gasteiger partial charge in [0.15, 0.2) is 17.4 Å². The molecule has 3 heterocycles. The lowest BCUT2D eigenvalue weighted by atomic mass is 9.98. The van der Waals surface area contributed by atoms with E-state index < -0.39 is 17.8 Å². The SMILES string of the molecule is CCOc1nc2c(-c3oc(=O)oc3C)ccc(C(=O)OC)c2n1Cc1ccc(-c2ccccc2C(=NO)NC(=O)n2ccnc2)cc1. The minimum Gasteiger partial charge on any atom is -0.465 e. The van der Waals surface area contributed by atoms with Crippen molar-refractivity contribution in [3.63, 3.8) is 0 Å². The Morgan fingerprint density at radius 1 is 1.02 bits per heavy atom. The number of hydrogen-bond acceptors (Lipinski definition) is 11. The average Bonchev–Trinajstić information content (AvgIpc) is 3.83. The number of fused-ring (bicyclic) bond motifs is 1. The lowest BCUT2D eigenvalue weighted by Crippen LogP contribution is -2.34. The van der Waals surface area contributed by atoms with Crippen molar-refractivity contribution < 1.29 is 33.1 Å². The Morgan fingerprint density at radius 2 is 1.81 bits per heavy atom. The standard InChI is InChI=1S/C33H28N6O8/c1-4-45-32-35-26-24(28-19(2)46-33(42)47-28)13-14-25(30(40)44-3)27(26)39(32)17-20-9-11-21(12-10-20)22-7-5-6-8-23(22)29(37-43)36-31(41)38-16-15-34-18-38/h5-16,18,43H,4,17H2,1-3H3,(H,36,37,41). The van der Waals surface area contributed by atoms with Crippen LogP contribution in [0.15, 0.2) is 98.2 Å². The molecule has 6 aromatic rings. The van der Waals surface area contributed by atoms with Crippen molar-refractivity contribution in [2.45, 2.75) is 20.4 Å². The zero-order valence-corrected chi connectivity index (χ0v) is 25.5. The third-order valence-corrected chi connectivity index (χ3v) is 7.38. The van der Waals surface area contributed by atoms with Gasteiger partial charge in [-0.15, -0.1) is 0 Å². The molecule has 3 aromatic carbocycles. The highest BCUT2D eigenvalue weighted by Gasteiger charge is 2.26. The van der Waals surface area contributed by atoms with Gasteiger partial charge in [-0.05, 0) is 42.7 Å². The van der Waals surface area contributed by atoms with Gasteiger partial charge in [0.1, 0.15) is 11.8 Å². The van der Waals surface area contributed by atoms with E-state index in [1.54, 1.807) is 35.8 Å². The van der Waals surface area contributed by atoms with E-state index in [2.05, 4.69) is 15.5 Å². The molecule has 0 fully saturated rings. The number of carbonyl (C=O) groups is 2. The van der Waals surface area contributed by atoms with Crippen LogP contribution in [0.3, 0.4) is 0 Å². The third-order valence-electron chi connectivity index (χ3n) is 7.38. The summed E-state index contributed by atoms with van der Waals surface area (Å²) in [5.74, 6) is -1.01. The van der Waals surface area contributed by atoms with Crippen LogP contribution in [0.4, 0.5) is 4.79 Å². The molecular formula is C33H28N6O8. The molecule has 0 spiro atoms. The van der Waals surface area contributed by atoms with Crippen LogP contribution < -0.4 is 15.9 Å². The van der Waals surface area contributed by atoms with Gasteiger partial charge in [0.25, 0.3) is 6.01 Å². The Kier molecular flexibility index (Phi) is 8.38. The summed E-state index contributed by atoms with van der Waals surface area (Å²) >= 11 is 0. The maximum atomic E-state index is 12.9. The fourth-order valence-corrected chi connectivity index (χ4v) is 5.26. The molecular weight excluding hydrogens is 608 g/mol. The molecule has 2 N–H and O–H groups in total. The van der Waals surface area contributed by atoms with Gasteiger partial charge in [-0.1, -0.05) is 53.7 Å². The lowest BCUT2D eigenvalue weighted by molar-refractivity contribution is 0.0602. The number of imidazole rings is 2. The van der Waals surface area contributed by atoms with Gasteiger partial charge in [-0.3, -0.25) is 14.5 Å². The van der Waals surface area contributed by atoms with E-state index in [4.69, 9.17) is 23.3 Å². The van der Waals surface area contributed by atoms with Crippen LogP contribution >= 0.6 is 0 Å². The molecule has 0 aliphatic heterocycles. The minimum atomic E-state index is -0.855. The summed E-state index contributed by atoms with van der Waals surface area (Å²) in [5, 5.41) is 15.7. The molecule has 14 nitrogen and oxygen atoms in total. The van der Waals surface area contributed by atoms with Crippen LogP contribution in [0.2, 0.25) is 0 Å². The Bertz CT molecular complexity index is 2180. The van der Waals surface area contributed by atoms with Gasteiger partial charge in [0.2, 0.25) is 0 Å². The van der Waals surface area contributed by atoms with E-state index in [1.165, 1.54) is 30.4 Å². The van der Waals surface area contributed by atoms with Gasteiger partial charge >= 0.3 is 17.8 Å². The first-order valence-corrected chi connectivity index (χ1v) is 14.4. The van der Waals surface area contributed by atoms with Crippen LogP contribution in [0.1, 0.15) is 34.2 Å². The molecule has 0 unspecified atom stereocenters. The normalized spacial score (nSPS) is 11.5. The molecule has 6 rings (SSSR count). The Morgan fingerprint density at radius 3 is 2.47 bits per heavy atom. The molecule has 3 aromatic heterocycles. The van der Waals surface area contributed by atoms with E-state index >= 15 is 0 Å². The largest absolute Gasteiger partial charge is 0.519 e. The number of amides is 1. The summed E-state index contributed by atoms with van der Waals surface area (Å²) in [5.41, 5.74) is 4.30. The van der Waals surface area contributed by atoms with Gasteiger partial charge in [-0.2, -0.15) is 4.98 Å². The number of methoxy groups -OCH3 is 1. The van der Waals surface area contributed by atoms with Crippen LogP contribution in [0, 0.1) is 6.92 Å². The molecule has 47 heavy (non-hydrogen) atoms. The first-order valence-electron chi connectivity index (χ1n) is 14.4. The summed E-state index contributed by atoms with van der Waals surface area (Å²) in [6.07, 6.45) is 4.27. The third kappa shape index (κ3) is 5.86. The number of aryl methyl sites for hydroxylation is 1. The van der Waals surface area contributed by atoms with Crippen LogP contribution in [-0.2, 0) is 11.3 Å². The molecule has 0 aliphatic carbocycles. The highest BCUT2D eigenvalue weighted by molar-refractivity contribution is 6.11. The van der Waals surface area contributed by atoms with E-state index in [0.717, 1.165) is 11.1 Å². The van der Waals surface area contributed by atoms with Crippen LogP contribution in [0.25, 0.3) is 33.5 Å². The topological polar surface area (TPSA) is 176 Å². The molecule has 0 saturated heterocycles. The molecule has 0 atom stereocenters. The second kappa shape index (κ2) is 12.9.